The Hall–Kier alpha value is -6.53. The molecule has 0 aliphatic carbocycles. The summed E-state index contributed by atoms with van der Waals surface area (Å²) in [6, 6.07) is 45.7. The highest BCUT2D eigenvalue weighted by Gasteiger charge is 2.20. The molecule has 0 aliphatic heterocycles. The molecule has 10 aromatic rings. The van der Waals surface area contributed by atoms with Gasteiger partial charge in [0.15, 0.2) is 17.5 Å². The molecule has 55 heavy (non-hydrogen) atoms. The average Bonchev–Trinajstić information content (AvgIpc) is 3.81. The van der Waals surface area contributed by atoms with Gasteiger partial charge >= 0.3 is 0 Å². The van der Waals surface area contributed by atoms with Crippen molar-refractivity contribution >= 4 is 110 Å². The highest BCUT2D eigenvalue weighted by molar-refractivity contribution is 6.68. The van der Waals surface area contributed by atoms with Crippen LogP contribution in [-0.4, -0.2) is 54.2 Å². The van der Waals surface area contributed by atoms with E-state index in [-0.39, 0.29) is 0 Å². The van der Waals surface area contributed by atoms with E-state index in [1.165, 1.54) is 32.9 Å². The third kappa shape index (κ3) is 5.35. The number of furan rings is 2. The number of aromatic nitrogens is 3. The smallest absolute Gasteiger partial charge is 0.164 e. The Balaban J connectivity index is 1.17. The molecule has 0 saturated heterocycles. The fourth-order valence-corrected chi connectivity index (χ4v) is 8.24. The van der Waals surface area contributed by atoms with Crippen molar-refractivity contribution in [3.63, 3.8) is 0 Å². The van der Waals surface area contributed by atoms with E-state index < -0.39 is 0 Å². The van der Waals surface area contributed by atoms with Crippen LogP contribution in [0, 0.1) is 0 Å². The van der Waals surface area contributed by atoms with Crippen LogP contribution in [0.4, 0.5) is 0 Å². The molecule has 254 valence electrons. The van der Waals surface area contributed by atoms with Crippen LogP contribution < -0.4 is 27.3 Å². The van der Waals surface area contributed by atoms with E-state index >= 15 is 0 Å². The molecule has 0 N–H and O–H groups in total. The minimum atomic E-state index is 0.585. The molecule has 0 fully saturated rings. The van der Waals surface area contributed by atoms with E-state index in [1.54, 1.807) is 0 Å². The van der Waals surface area contributed by atoms with Gasteiger partial charge in [0, 0.05) is 43.8 Å². The number of benzene rings is 7. The summed E-state index contributed by atoms with van der Waals surface area (Å²) in [5.41, 5.74) is 17.1. The van der Waals surface area contributed by atoms with Crippen LogP contribution in [0.15, 0.2) is 142 Å². The fourth-order valence-electron chi connectivity index (χ4n) is 8.24. The number of fused-ring (bicyclic) bond motifs is 6. The number of nitrogens with zero attached hydrogens (tertiary/aromatic N) is 3. The van der Waals surface area contributed by atoms with Gasteiger partial charge in [-0.25, -0.2) is 15.0 Å². The maximum atomic E-state index is 6.49. The van der Waals surface area contributed by atoms with Gasteiger partial charge in [-0.15, -0.1) is 16.4 Å². The summed E-state index contributed by atoms with van der Waals surface area (Å²) in [7, 11) is 11.1. The second-order valence-electron chi connectivity index (χ2n) is 14.5. The Morgan fingerprint density at radius 2 is 0.945 bits per heavy atom. The van der Waals surface area contributed by atoms with Gasteiger partial charge in [0.1, 0.15) is 61.6 Å². The van der Waals surface area contributed by atoms with Gasteiger partial charge in [-0.2, -0.15) is 0 Å². The Labute approximate surface area is 322 Å². The lowest BCUT2D eigenvalue weighted by atomic mass is 9.59. The van der Waals surface area contributed by atoms with Crippen LogP contribution in [0.1, 0.15) is 0 Å². The van der Waals surface area contributed by atoms with Crippen LogP contribution >= 0.6 is 0 Å². The van der Waals surface area contributed by atoms with Crippen molar-refractivity contribution in [2.24, 2.45) is 0 Å². The first-order valence-corrected chi connectivity index (χ1v) is 18.7. The van der Waals surface area contributed by atoms with Gasteiger partial charge in [-0.3, -0.25) is 0 Å². The fraction of sp³-hybridized carbons (Fsp3) is 0. The van der Waals surface area contributed by atoms with Gasteiger partial charge in [0.25, 0.3) is 0 Å². The zero-order valence-electron chi connectivity index (χ0n) is 31.4. The number of para-hydroxylation sites is 2. The van der Waals surface area contributed by atoms with Gasteiger partial charge in [-0.05, 0) is 47.0 Å². The summed E-state index contributed by atoms with van der Waals surface area (Å²) >= 11 is 0. The summed E-state index contributed by atoms with van der Waals surface area (Å²) in [4.78, 5) is 15.5. The summed E-state index contributed by atoms with van der Waals surface area (Å²) in [5.74, 6) is 1.81. The van der Waals surface area contributed by atoms with Crippen LogP contribution in [-0.2, 0) is 0 Å². The number of hydrogen-bond acceptors (Lipinski definition) is 5. The molecule has 0 bridgehead atoms. The van der Waals surface area contributed by atoms with Crippen molar-refractivity contribution in [3.8, 4) is 56.4 Å². The molecule has 0 aliphatic rings. The lowest BCUT2D eigenvalue weighted by Crippen LogP contribution is -2.55. The predicted molar refractivity (Wildman–Crippen MR) is 242 cm³/mol. The second kappa shape index (κ2) is 12.8. The van der Waals surface area contributed by atoms with Crippen molar-refractivity contribution in [3.05, 3.63) is 133 Å². The molecule has 0 unspecified atom stereocenters. The number of rotatable bonds is 5. The van der Waals surface area contributed by atoms with Gasteiger partial charge < -0.3 is 8.83 Å². The van der Waals surface area contributed by atoms with Crippen LogP contribution in [0.2, 0.25) is 0 Å². The molecule has 0 amide bonds. The van der Waals surface area contributed by atoms with Gasteiger partial charge in [-0.1, -0.05) is 114 Å². The minimum Gasteiger partial charge on any atom is -0.456 e. The second-order valence-corrected chi connectivity index (χ2v) is 14.5. The Morgan fingerprint density at radius 3 is 1.76 bits per heavy atom. The molecule has 7 aromatic carbocycles. The monoisotopic (exact) mass is 701 g/mol. The summed E-state index contributed by atoms with van der Waals surface area (Å²) in [5, 5.41) is 4.14. The molecule has 0 radical (unpaired) electrons. The molecule has 10 rings (SSSR count). The van der Waals surface area contributed by atoms with Gasteiger partial charge in [0.05, 0.1) is 0 Å². The van der Waals surface area contributed by atoms with Crippen molar-refractivity contribution in [2.45, 2.75) is 0 Å². The molecule has 0 spiro atoms. The first kappa shape index (κ1) is 33.1. The first-order valence-electron chi connectivity index (χ1n) is 18.7. The number of hydrogen-bond donors (Lipinski definition) is 0. The third-order valence-electron chi connectivity index (χ3n) is 11.5. The summed E-state index contributed by atoms with van der Waals surface area (Å²) in [6.07, 6.45) is 0. The molecule has 10 heteroatoms. The standard InChI is InChI=1S/C45H32B5N3O2/c46-37-35(38(47)40(49)41(50)39(37)48)25-11-6-12-26(21-25)44-51-43(23-9-2-1-3-10-23)52-45(53-44)30-16-8-18-34-36(30)31-22-24(19-20-33(31)54-34)27-14-7-15-29-28-13-4-5-17-32(28)55-42(27)29/h1-22H,46-50H2. The third-order valence-corrected chi connectivity index (χ3v) is 11.5. The highest BCUT2D eigenvalue weighted by atomic mass is 16.3. The quantitative estimate of drug-likeness (QED) is 0.258. The predicted octanol–water partition coefficient (Wildman–Crippen LogP) is 3.30. The summed E-state index contributed by atoms with van der Waals surface area (Å²) < 4.78 is 12.9. The summed E-state index contributed by atoms with van der Waals surface area (Å²) in [6.45, 7) is 0. The van der Waals surface area contributed by atoms with Crippen LogP contribution in [0.5, 0.6) is 0 Å². The van der Waals surface area contributed by atoms with E-state index in [9.17, 15) is 0 Å². The lowest BCUT2D eigenvalue weighted by Gasteiger charge is -2.20. The maximum Gasteiger partial charge on any atom is 0.164 e. The molecule has 5 nitrogen and oxygen atoms in total. The van der Waals surface area contributed by atoms with Crippen LogP contribution in [0.25, 0.3) is 100 Å². The van der Waals surface area contributed by atoms with E-state index in [0.29, 0.717) is 17.5 Å². The zero-order valence-corrected chi connectivity index (χ0v) is 31.4. The SMILES string of the molecule is Bc1c(B)c(B)c(-c2cccc(-c3nc(-c4ccccc4)nc(-c4cccc5oc6ccc(-c7cccc8c7oc7ccccc78)cc6c45)n3)c2)c(B)c1B. The van der Waals surface area contributed by atoms with E-state index in [1.807, 2.05) is 60.7 Å². The van der Waals surface area contributed by atoms with Crippen LogP contribution in [0.3, 0.4) is 0 Å². The van der Waals surface area contributed by atoms with Crippen molar-refractivity contribution in [1.29, 1.82) is 0 Å². The Morgan fingerprint density at radius 1 is 0.364 bits per heavy atom. The molecule has 0 saturated carbocycles. The normalized spacial score (nSPS) is 11.6. The van der Waals surface area contributed by atoms with Gasteiger partial charge in [0.2, 0.25) is 0 Å². The topological polar surface area (TPSA) is 65.0 Å². The minimum absolute atomic E-state index is 0.585. The Bertz CT molecular complexity index is 3150. The lowest BCUT2D eigenvalue weighted by molar-refractivity contribution is 0.668. The van der Waals surface area contributed by atoms with E-state index in [0.717, 1.165) is 77.3 Å². The molecular formula is C45H32B5N3O2. The van der Waals surface area contributed by atoms with Crippen molar-refractivity contribution in [2.75, 3.05) is 0 Å². The Kier molecular flexibility index (Phi) is 7.70. The van der Waals surface area contributed by atoms with E-state index in [4.69, 9.17) is 23.8 Å². The average molecular weight is 701 g/mol. The molecular weight excluding hydrogens is 669 g/mol. The molecule has 3 heterocycles. The zero-order chi connectivity index (χ0) is 37.4. The maximum absolute atomic E-state index is 6.49. The van der Waals surface area contributed by atoms with Crippen molar-refractivity contribution in [1.82, 2.24) is 15.0 Å². The largest absolute Gasteiger partial charge is 0.456 e. The van der Waals surface area contributed by atoms with Crippen molar-refractivity contribution < 1.29 is 8.83 Å². The molecule has 0 atom stereocenters. The first-order chi connectivity index (χ1) is 26.8. The highest BCUT2D eigenvalue weighted by Crippen LogP contribution is 2.41. The van der Waals surface area contributed by atoms with E-state index in [2.05, 4.69) is 112 Å². The molecule has 3 aromatic heterocycles.